The fourth-order valence-corrected chi connectivity index (χ4v) is 11.3. The minimum absolute atomic E-state index is 0.136. The van der Waals surface area contributed by atoms with E-state index in [2.05, 4.69) is 10.3 Å². The Hall–Kier alpha value is -5.12. The zero-order valence-corrected chi connectivity index (χ0v) is 31.4. The fraction of sp³-hybridized carbons (Fsp3) is 0.410. The number of halogens is 1. The number of fused-ring (bicyclic) bond motifs is 2. The Labute approximate surface area is 313 Å². The molecule has 0 bridgehead atoms. The maximum atomic E-state index is 16.6. The van der Waals surface area contributed by atoms with Gasteiger partial charge in [0.2, 0.25) is 8.41 Å². The number of aliphatic hydroxyl groups excluding tert-OH is 1. The van der Waals surface area contributed by atoms with Crippen LogP contribution < -0.4 is 14.7 Å². The van der Waals surface area contributed by atoms with E-state index in [0.717, 1.165) is 11.1 Å². The molecule has 5 heterocycles. The molecular formula is C39H43FN6O7Si. The highest BCUT2D eigenvalue weighted by Crippen LogP contribution is 2.61. The molecule has 3 saturated heterocycles. The molecule has 282 valence electrons. The van der Waals surface area contributed by atoms with Gasteiger partial charge in [0.15, 0.2) is 5.60 Å². The topological polar surface area (TPSA) is 140 Å². The molecule has 1 N–H and O–H groups in total. The van der Waals surface area contributed by atoms with Gasteiger partial charge in [-0.1, -0.05) is 54.6 Å². The molecule has 1 spiro atoms. The molecule has 8 rings (SSSR count). The first-order chi connectivity index (χ1) is 26.0. The molecule has 13 nitrogen and oxygen atoms in total. The van der Waals surface area contributed by atoms with Gasteiger partial charge in [0, 0.05) is 41.1 Å². The second-order valence-electron chi connectivity index (χ2n) is 14.9. The molecule has 3 amide bonds. The number of cyclic esters (lactones) is 2. The van der Waals surface area contributed by atoms with Crippen LogP contribution in [0.4, 0.5) is 30.8 Å². The second kappa shape index (κ2) is 13.9. The molecule has 4 aromatic rings. The van der Waals surface area contributed by atoms with Crippen molar-refractivity contribution < 1.29 is 37.8 Å². The highest BCUT2D eigenvalue weighted by molar-refractivity contribution is 6.72. The van der Waals surface area contributed by atoms with E-state index in [4.69, 9.17) is 14.2 Å². The van der Waals surface area contributed by atoms with Gasteiger partial charge in [-0.25, -0.2) is 9.59 Å². The monoisotopic (exact) mass is 754 g/mol. The summed E-state index contributed by atoms with van der Waals surface area (Å²) in [7, 11) is -3.48. The molecule has 0 aliphatic carbocycles. The van der Waals surface area contributed by atoms with Gasteiger partial charge >= 0.3 is 12.2 Å². The van der Waals surface area contributed by atoms with Crippen LogP contribution in [0.1, 0.15) is 41.6 Å². The summed E-state index contributed by atoms with van der Waals surface area (Å²) >= 11 is 0. The van der Waals surface area contributed by atoms with Crippen molar-refractivity contribution in [2.75, 3.05) is 47.6 Å². The molecule has 4 aliphatic rings. The Balaban J connectivity index is 1.13. The van der Waals surface area contributed by atoms with Crippen LogP contribution in [0.5, 0.6) is 0 Å². The van der Waals surface area contributed by atoms with E-state index < -0.39 is 43.8 Å². The van der Waals surface area contributed by atoms with Gasteiger partial charge in [0.25, 0.3) is 5.91 Å². The number of aromatic nitrogens is 3. The molecule has 3 fully saturated rings. The van der Waals surface area contributed by atoms with Crippen LogP contribution in [0.25, 0.3) is 0 Å². The first kappa shape index (κ1) is 35.9. The number of benzene rings is 3. The molecular weight excluding hydrogens is 712 g/mol. The number of rotatable bonds is 11. The van der Waals surface area contributed by atoms with E-state index in [0.29, 0.717) is 61.0 Å². The average Bonchev–Trinajstić information content (AvgIpc) is 3.99. The van der Waals surface area contributed by atoms with Crippen LogP contribution in [-0.4, -0.2) is 85.6 Å². The molecule has 1 aromatic heterocycles. The van der Waals surface area contributed by atoms with Crippen molar-refractivity contribution in [1.29, 1.82) is 0 Å². The Morgan fingerprint density at radius 2 is 1.65 bits per heavy atom. The fourth-order valence-electron chi connectivity index (χ4n) is 8.79. The van der Waals surface area contributed by atoms with E-state index in [9.17, 15) is 14.7 Å². The molecule has 0 radical (unpaired) electrons. The van der Waals surface area contributed by atoms with Crippen molar-refractivity contribution in [2.45, 2.75) is 62.7 Å². The predicted molar refractivity (Wildman–Crippen MR) is 200 cm³/mol. The molecule has 4 aliphatic heterocycles. The molecule has 5 atom stereocenters. The second-order valence-corrected chi connectivity index (χ2v) is 18.7. The lowest BCUT2D eigenvalue weighted by molar-refractivity contribution is -0.146. The number of hydrogen-bond acceptors (Lipinski definition) is 9. The first-order valence-electron chi connectivity index (χ1n) is 18.4. The number of aryl methyl sites for hydroxylation is 1. The van der Waals surface area contributed by atoms with Crippen molar-refractivity contribution >= 4 is 43.6 Å². The number of carbonyl (C=O) groups excluding carboxylic acids is 3. The summed E-state index contributed by atoms with van der Waals surface area (Å²) in [4.78, 5) is 44.9. The molecule has 1 unspecified atom stereocenters. The predicted octanol–water partition coefficient (Wildman–Crippen LogP) is 5.73. The summed E-state index contributed by atoms with van der Waals surface area (Å²) in [6.45, 7) is 6.96. The number of aliphatic hydroxyl groups is 1. The lowest BCUT2D eigenvalue weighted by Crippen LogP contribution is -2.45. The highest BCUT2D eigenvalue weighted by Gasteiger charge is 2.66. The average molecular weight is 755 g/mol. The number of amides is 3. The molecule has 3 aromatic carbocycles. The number of anilines is 3. The third-order valence-corrected chi connectivity index (χ3v) is 13.7. The minimum Gasteiger partial charge on any atom is -0.447 e. The molecule has 54 heavy (non-hydrogen) atoms. The number of carbonyl (C=O) groups is 3. The van der Waals surface area contributed by atoms with E-state index >= 15 is 8.90 Å². The maximum absolute atomic E-state index is 16.6. The lowest BCUT2D eigenvalue weighted by Gasteiger charge is -2.31. The standard InChI is InChI=1S/C39H43FN6O7Si/c1-25-35(54(2,3)40)34(14-15-43-23-32(41-42-43)30(24-47)27-9-5-4-6-10-27)53-39(25)31-21-29(45-17-19-52-38(45)50)12-13-33(31)46(36(39)48)22-26-8-7-11-28(20-26)44-16-18-51-37(44)49/h4-13,20-21,23,25,30,34-35,47H,14-19,22,24H2,1-3H3/t25-,30?,34+,35-,39+/m1/s1. The van der Waals surface area contributed by atoms with Gasteiger partial charge in [0.05, 0.1) is 49.6 Å². The number of nitrogens with zero attached hydrogens (tertiary/aromatic N) is 6. The smallest absolute Gasteiger partial charge is 0.414 e. The van der Waals surface area contributed by atoms with Gasteiger partial charge in [-0.05, 0) is 61.0 Å². The Kier molecular flexibility index (Phi) is 9.26. The van der Waals surface area contributed by atoms with Crippen LogP contribution in [0, 0.1) is 5.92 Å². The third kappa shape index (κ3) is 6.13. The van der Waals surface area contributed by atoms with Crippen LogP contribution in [0.2, 0.25) is 18.6 Å². The van der Waals surface area contributed by atoms with Crippen LogP contribution in [0.3, 0.4) is 0 Å². The van der Waals surface area contributed by atoms with Gasteiger partial charge in [-0.3, -0.25) is 19.3 Å². The van der Waals surface area contributed by atoms with E-state index in [-0.39, 0.29) is 31.6 Å². The number of ether oxygens (including phenoxy) is 3. The highest BCUT2D eigenvalue weighted by atomic mass is 28.4. The van der Waals surface area contributed by atoms with Gasteiger partial charge in [-0.15, -0.1) is 5.10 Å². The van der Waals surface area contributed by atoms with Crippen LogP contribution >= 0.6 is 0 Å². The summed E-state index contributed by atoms with van der Waals surface area (Å²) < 4.78 is 35.7. The molecule has 15 heteroatoms. The van der Waals surface area contributed by atoms with E-state index in [1.54, 1.807) is 39.8 Å². The summed E-state index contributed by atoms with van der Waals surface area (Å²) in [5.74, 6) is -1.21. The zero-order chi connectivity index (χ0) is 37.8. The maximum Gasteiger partial charge on any atom is 0.414 e. The zero-order valence-electron chi connectivity index (χ0n) is 30.4. The Morgan fingerprint density at radius 1 is 0.944 bits per heavy atom. The van der Waals surface area contributed by atoms with E-state index in [1.807, 2.05) is 73.7 Å². The number of hydrogen-bond donors (Lipinski definition) is 1. The summed E-state index contributed by atoms with van der Waals surface area (Å²) in [6.07, 6.45) is 0.632. The third-order valence-electron chi connectivity index (χ3n) is 11.3. The van der Waals surface area contributed by atoms with Crippen molar-refractivity contribution in [1.82, 2.24) is 15.0 Å². The SMILES string of the molecule is C[C@@H]1[C@@H]([Si](C)(C)F)[C@H](CCn2cc(C(CO)c3ccccc3)nn2)O[C@@]12C(=O)N(Cc1cccc(N3CCOC3=O)c1)c1ccc(N3CCOC3=O)cc12. The van der Waals surface area contributed by atoms with E-state index in [1.165, 1.54) is 4.90 Å². The largest absolute Gasteiger partial charge is 0.447 e. The van der Waals surface area contributed by atoms with Crippen LogP contribution in [-0.2, 0) is 37.7 Å². The molecule has 0 saturated carbocycles. The van der Waals surface area contributed by atoms with Crippen molar-refractivity contribution in [3.05, 3.63) is 101 Å². The van der Waals surface area contributed by atoms with Crippen molar-refractivity contribution in [2.24, 2.45) is 5.92 Å². The Morgan fingerprint density at radius 3 is 2.30 bits per heavy atom. The Bertz CT molecular complexity index is 2080. The minimum atomic E-state index is -3.48. The van der Waals surface area contributed by atoms with Crippen molar-refractivity contribution in [3.8, 4) is 0 Å². The quantitative estimate of drug-likeness (QED) is 0.150. The summed E-state index contributed by atoms with van der Waals surface area (Å²) in [5, 5.41) is 18.9. The van der Waals surface area contributed by atoms with Crippen molar-refractivity contribution in [3.63, 3.8) is 0 Å². The lowest BCUT2D eigenvalue weighted by atomic mass is 9.82. The summed E-state index contributed by atoms with van der Waals surface area (Å²) in [5.41, 5.74) is 2.67. The van der Waals surface area contributed by atoms with Crippen LogP contribution in [0.15, 0.2) is 79.0 Å². The first-order valence-corrected chi connectivity index (χ1v) is 21.3. The van der Waals surface area contributed by atoms with Gasteiger partial charge < -0.3 is 28.3 Å². The van der Waals surface area contributed by atoms with Gasteiger partial charge in [0.1, 0.15) is 13.2 Å². The van der Waals surface area contributed by atoms with Gasteiger partial charge in [-0.2, -0.15) is 0 Å². The summed E-state index contributed by atoms with van der Waals surface area (Å²) in [6, 6.07) is 22.5. The normalized spacial score (nSPS) is 24.4.